The minimum atomic E-state index is -0.894. The first-order valence-corrected chi connectivity index (χ1v) is 9.03. The van der Waals surface area contributed by atoms with Crippen LogP contribution in [-0.2, 0) is 19.1 Å². The van der Waals surface area contributed by atoms with E-state index in [-0.39, 0.29) is 23.8 Å². The molecular formula is C18H30N2O5. The summed E-state index contributed by atoms with van der Waals surface area (Å²) in [5.41, 5.74) is -0.797. The van der Waals surface area contributed by atoms with Gasteiger partial charge in [0.05, 0.1) is 7.11 Å². The van der Waals surface area contributed by atoms with Gasteiger partial charge in [0, 0.05) is 11.5 Å². The predicted molar refractivity (Wildman–Crippen MR) is 91.9 cm³/mol. The van der Waals surface area contributed by atoms with E-state index < -0.39 is 23.7 Å². The molecule has 0 aromatic carbocycles. The highest BCUT2D eigenvalue weighted by Gasteiger charge is 2.45. The summed E-state index contributed by atoms with van der Waals surface area (Å²) in [6.45, 7) is 5.24. The lowest BCUT2D eigenvalue weighted by atomic mass is 9.78. The van der Waals surface area contributed by atoms with Crippen LogP contribution in [0.25, 0.3) is 0 Å². The van der Waals surface area contributed by atoms with E-state index >= 15 is 0 Å². The Morgan fingerprint density at radius 1 is 1.28 bits per heavy atom. The van der Waals surface area contributed by atoms with Gasteiger partial charge in [0.25, 0.3) is 0 Å². The van der Waals surface area contributed by atoms with Crippen LogP contribution in [0.5, 0.6) is 0 Å². The topological polar surface area (TPSA) is 93.7 Å². The molecule has 0 aromatic rings. The van der Waals surface area contributed by atoms with Crippen molar-refractivity contribution in [3.63, 3.8) is 0 Å². The molecule has 2 N–H and O–H groups in total. The fraction of sp³-hybridized carbons (Fsp3) is 0.833. The zero-order chi connectivity index (χ0) is 18.7. The smallest absolute Gasteiger partial charge is 0.408 e. The zero-order valence-corrected chi connectivity index (χ0v) is 15.6. The summed E-state index contributed by atoms with van der Waals surface area (Å²) in [6, 6.07) is -0.894. The summed E-state index contributed by atoms with van der Waals surface area (Å²) in [6.07, 6.45) is 5.64. The van der Waals surface area contributed by atoms with Gasteiger partial charge >= 0.3 is 12.1 Å². The van der Waals surface area contributed by atoms with Gasteiger partial charge in [-0.1, -0.05) is 19.3 Å². The molecule has 1 saturated heterocycles. The number of nitrogens with one attached hydrogen (secondary N) is 2. The third-order valence-corrected chi connectivity index (χ3v) is 4.90. The fourth-order valence-corrected chi connectivity index (χ4v) is 3.82. The average Bonchev–Trinajstić information content (AvgIpc) is 2.79. The second-order valence-electron chi connectivity index (χ2n) is 8.19. The van der Waals surface area contributed by atoms with E-state index in [0.717, 1.165) is 25.7 Å². The van der Waals surface area contributed by atoms with Crippen LogP contribution in [0.4, 0.5) is 4.79 Å². The number of carbonyl (C=O) groups is 3. The number of ether oxygens (including phenoxy) is 2. The van der Waals surface area contributed by atoms with Crippen LogP contribution in [0.15, 0.2) is 0 Å². The van der Waals surface area contributed by atoms with Crippen LogP contribution in [0.2, 0.25) is 0 Å². The quantitative estimate of drug-likeness (QED) is 0.756. The van der Waals surface area contributed by atoms with Crippen LogP contribution in [-0.4, -0.2) is 42.3 Å². The van der Waals surface area contributed by atoms with Crippen LogP contribution in [0.1, 0.15) is 65.7 Å². The number of carbonyl (C=O) groups excluding carboxylic acids is 3. The minimum Gasteiger partial charge on any atom is -0.467 e. The van der Waals surface area contributed by atoms with Crippen molar-refractivity contribution in [3.05, 3.63) is 0 Å². The van der Waals surface area contributed by atoms with Gasteiger partial charge < -0.3 is 20.1 Å². The van der Waals surface area contributed by atoms with E-state index in [1.54, 1.807) is 20.8 Å². The van der Waals surface area contributed by atoms with Crippen molar-refractivity contribution in [1.29, 1.82) is 0 Å². The van der Waals surface area contributed by atoms with Crippen molar-refractivity contribution in [2.75, 3.05) is 7.11 Å². The molecule has 0 radical (unpaired) electrons. The molecular weight excluding hydrogens is 324 g/mol. The number of hydrogen-bond donors (Lipinski definition) is 2. The molecule has 25 heavy (non-hydrogen) atoms. The van der Waals surface area contributed by atoms with Crippen LogP contribution in [0.3, 0.4) is 0 Å². The predicted octanol–water partition coefficient (Wildman–Crippen LogP) is 2.28. The maximum Gasteiger partial charge on any atom is 0.408 e. The Bertz CT molecular complexity index is 520. The van der Waals surface area contributed by atoms with Crippen molar-refractivity contribution < 1.29 is 23.9 Å². The third kappa shape index (κ3) is 5.34. The molecule has 1 aliphatic heterocycles. The lowest BCUT2D eigenvalue weighted by Gasteiger charge is -2.33. The van der Waals surface area contributed by atoms with Gasteiger partial charge in [0.1, 0.15) is 11.6 Å². The van der Waals surface area contributed by atoms with Crippen molar-refractivity contribution >= 4 is 18.0 Å². The van der Waals surface area contributed by atoms with E-state index in [1.165, 1.54) is 13.5 Å². The number of hydrogen-bond acceptors (Lipinski definition) is 5. The van der Waals surface area contributed by atoms with Gasteiger partial charge in [-0.05, 0) is 46.5 Å². The zero-order valence-electron chi connectivity index (χ0n) is 15.6. The van der Waals surface area contributed by atoms with Crippen LogP contribution in [0, 0.1) is 5.92 Å². The van der Waals surface area contributed by atoms with Crippen molar-refractivity contribution in [2.45, 2.75) is 82.9 Å². The lowest BCUT2D eigenvalue weighted by Crippen LogP contribution is -2.45. The van der Waals surface area contributed by atoms with Gasteiger partial charge in [-0.3, -0.25) is 4.79 Å². The number of amides is 2. The molecule has 1 heterocycles. The monoisotopic (exact) mass is 354 g/mol. The molecule has 7 heteroatoms. The first-order valence-electron chi connectivity index (χ1n) is 9.03. The highest BCUT2D eigenvalue weighted by molar-refractivity contribution is 5.85. The molecule has 1 spiro atoms. The summed E-state index contributed by atoms with van der Waals surface area (Å²) in [5.74, 6) is -0.915. The number of methoxy groups -OCH3 is 1. The van der Waals surface area contributed by atoms with Crippen LogP contribution >= 0.6 is 0 Å². The maximum absolute atomic E-state index is 12.4. The molecule has 2 unspecified atom stereocenters. The summed E-state index contributed by atoms with van der Waals surface area (Å²) < 4.78 is 9.99. The van der Waals surface area contributed by atoms with E-state index in [1.807, 2.05) is 0 Å². The summed E-state index contributed by atoms with van der Waals surface area (Å²) in [5, 5.41) is 5.69. The Morgan fingerprint density at radius 3 is 2.48 bits per heavy atom. The highest BCUT2D eigenvalue weighted by atomic mass is 16.6. The first-order chi connectivity index (χ1) is 11.6. The molecule has 2 amide bonds. The van der Waals surface area contributed by atoms with Gasteiger partial charge in [-0.25, -0.2) is 9.59 Å². The summed E-state index contributed by atoms with van der Waals surface area (Å²) in [4.78, 5) is 36.5. The molecule has 1 saturated carbocycles. The Hall–Kier alpha value is -1.79. The lowest BCUT2D eigenvalue weighted by molar-refractivity contribution is -0.143. The van der Waals surface area contributed by atoms with Crippen LogP contribution < -0.4 is 10.6 Å². The fourth-order valence-electron chi connectivity index (χ4n) is 3.82. The number of rotatable bonds is 4. The minimum absolute atomic E-state index is 0.0400. The molecule has 2 atom stereocenters. The molecule has 1 aliphatic carbocycles. The Kier molecular flexibility index (Phi) is 5.95. The molecule has 0 bridgehead atoms. The Labute approximate surface area is 149 Å². The summed E-state index contributed by atoms with van der Waals surface area (Å²) in [7, 11) is 1.27. The van der Waals surface area contributed by atoms with Crippen molar-refractivity contribution in [2.24, 2.45) is 5.92 Å². The summed E-state index contributed by atoms with van der Waals surface area (Å²) >= 11 is 0. The number of alkyl carbamates (subject to hydrolysis) is 1. The van der Waals surface area contributed by atoms with E-state index in [9.17, 15) is 14.4 Å². The molecule has 2 fully saturated rings. The highest BCUT2D eigenvalue weighted by Crippen LogP contribution is 2.39. The second kappa shape index (κ2) is 7.62. The molecule has 2 rings (SSSR count). The Morgan fingerprint density at radius 2 is 1.92 bits per heavy atom. The van der Waals surface area contributed by atoms with E-state index in [4.69, 9.17) is 9.47 Å². The van der Waals surface area contributed by atoms with Gasteiger partial charge in [0.15, 0.2) is 0 Å². The van der Waals surface area contributed by atoms with E-state index in [2.05, 4.69) is 10.6 Å². The Balaban J connectivity index is 2.00. The van der Waals surface area contributed by atoms with Crippen molar-refractivity contribution in [1.82, 2.24) is 10.6 Å². The molecule has 142 valence electrons. The van der Waals surface area contributed by atoms with Gasteiger partial charge in [-0.2, -0.15) is 0 Å². The molecule has 2 aliphatic rings. The van der Waals surface area contributed by atoms with Crippen molar-refractivity contribution in [3.8, 4) is 0 Å². The maximum atomic E-state index is 12.4. The second-order valence-corrected chi connectivity index (χ2v) is 8.19. The standard InChI is InChI=1S/C18H30N2O5/c1-17(2,3)25-16(23)19-13(15(22)24-4)10-12-11-18(20-14(12)21)8-6-5-7-9-18/h12-13H,5-11H2,1-4H3,(H,19,23)(H,20,21). The molecule has 0 aromatic heterocycles. The normalized spacial score (nSPS) is 23.7. The van der Waals surface area contributed by atoms with Gasteiger partial charge in [0.2, 0.25) is 5.91 Å². The first kappa shape index (κ1) is 19.5. The van der Waals surface area contributed by atoms with E-state index in [0.29, 0.717) is 6.42 Å². The largest absolute Gasteiger partial charge is 0.467 e. The van der Waals surface area contributed by atoms with Gasteiger partial charge in [-0.15, -0.1) is 0 Å². The average molecular weight is 354 g/mol. The number of esters is 1. The third-order valence-electron chi connectivity index (χ3n) is 4.90. The molecule has 7 nitrogen and oxygen atoms in total. The SMILES string of the molecule is COC(=O)C(CC1CC2(CCCCC2)NC1=O)NC(=O)OC(C)(C)C.